The average molecular weight is 525 g/mol. The molecule has 0 saturated heterocycles. The fraction of sp³-hybridized carbons (Fsp3) is 0.917. The van der Waals surface area contributed by atoms with Crippen LogP contribution in [0.25, 0.3) is 0 Å². The lowest BCUT2D eigenvalue weighted by atomic mass is 9.41. The second kappa shape index (κ2) is 9.37. The van der Waals surface area contributed by atoms with Crippen LogP contribution in [0.3, 0.4) is 0 Å². The summed E-state index contributed by atoms with van der Waals surface area (Å²) >= 11 is 0. The zero-order chi connectivity index (χ0) is 27.9. The normalized spacial score (nSPS) is 46.9. The van der Waals surface area contributed by atoms with Gasteiger partial charge in [0.1, 0.15) is 6.10 Å². The summed E-state index contributed by atoms with van der Waals surface area (Å²) in [5.74, 6) is 4.90. The highest BCUT2D eigenvalue weighted by atomic mass is 16.5. The molecule has 2 spiro atoms. The van der Waals surface area contributed by atoms with Crippen molar-refractivity contribution in [2.75, 3.05) is 0 Å². The summed E-state index contributed by atoms with van der Waals surface area (Å²) in [5.41, 5.74) is 2.90. The standard InChI is InChI=1S/C36H60O2/c1-11-24(4)31(37)38-30-17-19-35-22-36(35)21-20-33(9)27(26(6)13-12-25(5)23(2)3)16-18-34(33,10)29(36)15-14-28(35)32(30,7)8/h11,23,25-30H,12-22H2,1-10H3/b24-11+/t25-,26+,27+,28+,29+,30-,33+,34+,35-,36+/m0/s1. The molecule has 0 bridgehead atoms. The molecule has 2 nitrogen and oxygen atoms in total. The summed E-state index contributed by atoms with van der Waals surface area (Å²) < 4.78 is 6.20. The molecular formula is C36H60O2. The van der Waals surface area contributed by atoms with Crippen molar-refractivity contribution in [1.82, 2.24) is 0 Å². The van der Waals surface area contributed by atoms with Crippen LogP contribution >= 0.6 is 0 Å². The number of fused-ring (bicyclic) bond motifs is 2. The molecule has 5 rings (SSSR count). The van der Waals surface area contributed by atoms with Gasteiger partial charge in [0.2, 0.25) is 0 Å². The number of allylic oxidation sites excluding steroid dienone is 1. The molecule has 0 aromatic heterocycles. The maximum atomic E-state index is 12.7. The van der Waals surface area contributed by atoms with Gasteiger partial charge >= 0.3 is 5.97 Å². The second-order valence-electron chi connectivity index (χ2n) is 16.7. The quantitative estimate of drug-likeness (QED) is 0.245. The van der Waals surface area contributed by atoms with E-state index in [-0.39, 0.29) is 17.5 Å². The van der Waals surface area contributed by atoms with Crippen molar-refractivity contribution in [3.8, 4) is 0 Å². The summed E-state index contributed by atoms with van der Waals surface area (Å²) in [4.78, 5) is 12.7. The molecule has 0 unspecified atom stereocenters. The van der Waals surface area contributed by atoms with Gasteiger partial charge in [0.25, 0.3) is 0 Å². The molecule has 0 amide bonds. The lowest BCUT2D eigenvalue weighted by Gasteiger charge is -2.63. The fourth-order valence-electron chi connectivity index (χ4n) is 11.9. The number of carbonyl (C=O) groups excluding carboxylic acids is 1. The maximum absolute atomic E-state index is 12.7. The van der Waals surface area contributed by atoms with Gasteiger partial charge in [-0.25, -0.2) is 4.79 Å². The Morgan fingerprint density at radius 1 is 0.842 bits per heavy atom. The van der Waals surface area contributed by atoms with Crippen molar-refractivity contribution in [2.45, 2.75) is 146 Å². The zero-order valence-electron chi connectivity index (χ0n) is 26.7. The molecule has 5 fully saturated rings. The first-order valence-electron chi connectivity index (χ1n) is 16.5. The summed E-state index contributed by atoms with van der Waals surface area (Å²) in [6, 6.07) is 0. The largest absolute Gasteiger partial charge is 0.458 e. The second-order valence-corrected chi connectivity index (χ2v) is 16.7. The highest BCUT2D eigenvalue weighted by molar-refractivity contribution is 5.87. The van der Waals surface area contributed by atoms with E-state index < -0.39 is 0 Å². The van der Waals surface area contributed by atoms with Gasteiger partial charge in [-0.15, -0.1) is 0 Å². The number of rotatable bonds is 7. The van der Waals surface area contributed by atoms with Crippen molar-refractivity contribution in [1.29, 1.82) is 0 Å². The minimum atomic E-state index is -0.101. The highest BCUT2D eigenvalue weighted by Gasteiger charge is 2.82. The van der Waals surface area contributed by atoms with E-state index in [1.807, 2.05) is 19.9 Å². The van der Waals surface area contributed by atoms with Gasteiger partial charge in [-0.05, 0) is 129 Å². The van der Waals surface area contributed by atoms with Crippen LogP contribution in [-0.2, 0) is 9.53 Å². The molecule has 38 heavy (non-hydrogen) atoms. The third-order valence-electron chi connectivity index (χ3n) is 15.0. The Labute approximate surface area is 235 Å². The average Bonchev–Trinajstić information content (AvgIpc) is 3.45. The summed E-state index contributed by atoms with van der Waals surface area (Å²) in [6.45, 7) is 24.1. The molecule has 10 atom stereocenters. The van der Waals surface area contributed by atoms with Gasteiger partial charge in [-0.1, -0.05) is 74.3 Å². The van der Waals surface area contributed by atoms with Crippen LogP contribution in [0.4, 0.5) is 0 Å². The molecule has 0 aromatic rings. The molecule has 5 aliphatic rings. The van der Waals surface area contributed by atoms with Crippen molar-refractivity contribution in [3.05, 3.63) is 11.6 Å². The molecule has 0 N–H and O–H groups in total. The van der Waals surface area contributed by atoms with Crippen LogP contribution in [0.2, 0.25) is 0 Å². The van der Waals surface area contributed by atoms with Gasteiger partial charge in [0, 0.05) is 11.0 Å². The van der Waals surface area contributed by atoms with Crippen molar-refractivity contribution in [3.63, 3.8) is 0 Å². The number of carbonyl (C=O) groups is 1. The minimum Gasteiger partial charge on any atom is -0.458 e. The molecule has 0 aliphatic heterocycles. The Kier molecular flexibility index (Phi) is 7.09. The van der Waals surface area contributed by atoms with E-state index in [9.17, 15) is 4.79 Å². The molecule has 0 radical (unpaired) electrons. The minimum absolute atomic E-state index is 0.0594. The van der Waals surface area contributed by atoms with Crippen LogP contribution in [0, 0.1) is 62.6 Å². The lowest BCUT2D eigenvalue weighted by Crippen LogP contribution is -2.58. The number of ether oxygens (including phenoxy) is 1. The molecule has 0 aromatic carbocycles. The van der Waals surface area contributed by atoms with Gasteiger partial charge in [-0.2, -0.15) is 0 Å². The van der Waals surface area contributed by atoms with Crippen molar-refractivity contribution < 1.29 is 9.53 Å². The van der Waals surface area contributed by atoms with Gasteiger partial charge < -0.3 is 4.74 Å². The van der Waals surface area contributed by atoms with E-state index in [4.69, 9.17) is 4.74 Å². The summed E-state index contributed by atoms with van der Waals surface area (Å²) in [5, 5.41) is 0. The van der Waals surface area contributed by atoms with Gasteiger partial charge in [0.05, 0.1) is 0 Å². The van der Waals surface area contributed by atoms with Crippen LogP contribution in [0.15, 0.2) is 11.6 Å². The lowest BCUT2D eigenvalue weighted by molar-refractivity contribution is -0.180. The molecule has 5 aliphatic carbocycles. The van der Waals surface area contributed by atoms with Crippen LogP contribution in [-0.4, -0.2) is 12.1 Å². The van der Waals surface area contributed by atoms with E-state index >= 15 is 0 Å². The number of hydrogen-bond acceptors (Lipinski definition) is 2. The van der Waals surface area contributed by atoms with Gasteiger partial charge in [0.15, 0.2) is 0 Å². The molecule has 0 heterocycles. The first kappa shape index (κ1) is 28.7. The summed E-state index contributed by atoms with van der Waals surface area (Å²) in [6.07, 6.45) is 17.1. The van der Waals surface area contributed by atoms with Crippen molar-refractivity contribution in [2.24, 2.45) is 62.6 Å². The zero-order valence-corrected chi connectivity index (χ0v) is 26.7. The Balaban J connectivity index is 1.34. The predicted molar refractivity (Wildman–Crippen MR) is 159 cm³/mol. The monoisotopic (exact) mass is 524 g/mol. The van der Waals surface area contributed by atoms with E-state index in [1.54, 1.807) is 0 Å². The Hall–Kier alpha value is -0.790. The Morgan fingerprint density at radius 3 is 2.16 bits per heavy atom. The van der Waals surface area contributed by atoms with E-state index in [1.165, 1.54) is 64.2 Å². The van der Waals surface area contributed by atoms with E-state index in [2.05, 4.69) is 55.4 Å². The predicted octanol–water partition coefficient (Wildman–Crippen LogP) is 10.0. The molecule has 216 valence electrons. The topological polar surface area (TPSA) is 26.3 Å². The Morgan fingerprint density at radius 2 is 1.50 bits per heavy atom. The third kappa shape index (κ3) is 3.79. The van der Waals surface area contributed by atoms with Gasteiger partial charge in [-0.3, -0.25) is 0 Å². The van der Waals surface area contributed by atoms with E-state index in [0.717, 1.165) is 41.6 Å². The molecular weight excluding hydrogens is 464 g/mol. The Bertz CT molecular complexity index is 960. The number of esters is 1. The van der Waals surface area contributed by atoms with E-state index in [0.29, 0.717) is 27.6 Å². The first-order valence-corrected chi connectivity index (χ1v) is 16.5. The van der Waals surface area contributed by atoms with Crippen LogP contribution in [0.1, 0.15) is 140 Å². The van der Waals surface area contributed by atoms with Crippen LogP contribution < -0.4 is 0 Å². The fourth-order valence-corrected chi connectivity index (χ4v) is 11.9. The smallest absolute Gasteiger partial charge is 0.333 e. The molecule has 5 saturated carbocycles. The highest BCUT2D eigenvalue weighted by Crippen LogP contribution is 2.89. The first-order chi connectivity index (χ1) is 17.7. The molecule has 2 heteroatoms. The SMILES string of the molecule is C/C=C(\C)C(=O)O[C@H]1CC[C@@]23C[C@@]24CC[C@]2(C)[C@@H]([C@H](C)CC[C@H](C)C(C)C)CC[C@]2(C)[C@H]4CC[C@@H]3C1(C)C. The number of hydrogen-bond donors (Lipinski definition) is 0. The maximum Gasteiger partial charge on any atom is 0.333 e. The van der Waals surface area contributed by atoms with Crippen LogP contribution in [0.5, 0.6) is 0 Å². The summed E-state index contributed by atoms with van der Waals surface area (Å²) in [7, 11) is 0. The van der Waals surface area contributed by atoms with Crippen molar-refractivity contribution >= 4 is 5.97 Å². The third-order valence-corrected chi connectivity index (χ3v) is 15.0.